The minimum atomic E-state index is -4.70. The van der Waals surface area contributed by atoms with E-state index >= 15 is 0 Å². The fraction of sp³-hybridized carbons (Fsp3) is 0.143. The van der Waals surface area contributed by atoms with Gasteiger partial charge in [-0.25, -0.2) is 4.98 Å². The molecule has 0 aliphatic carbocycles. The zero-order chi connectivity index (χ0) is 21.0. The van der Waals surface area contributed by atoms with Crippen LogP contribution in [0.3, 0.4) is 0 Å². The molecular formula is C21H13ClF3N3O2. The number of aromatic nitrogens is 2. The molecular weight excluding hydrogens is 419 g/mol. The first-order valence-electron chi connectivity index (χ1n) is 9.07. The summed E-state index contributed by atoms with van der Waals surface area (Å²) in [7, 11) is 0. The fourth-order valence-corrected chi connectivity index (χ4v) is 3.97. The summed E-state index contributed by atoms with van der Waals surface area (Å²) >= 11 is 6.37. The second-order valence-corrected chi connectivity index (χ2v) is 7.26. The number of hydrogen-bond acceptors (Lipinski definition) is 3. The van der Waals surface area contributed by atoms with E-state index in [1.807, 2.05) is 12.1 Å². The molecule has 0 radical (unpaired) electrons. The number of hydrogen-bond donors (Lipinski definition) is 0. The predicted octanol–water partition coefficient (Wildman–Crippen LogP) is 5.47. The Kier molecular flexibility index (Phi) is 4.14. The van der Waals surface area contributed by atoms with Crippen molar-refractivity contribution in [2.45, 2.75) is 12.6 Å². The smallest absolute Gasteiger partial charge is 0.420 e. The van der Waals surface area contributed by atoms with Crippen molar-refractivity contribution in [3.8, 4) is 11.3 Å². The summed E-state index contributed by atoms with van der Waals surface area (Å²) in [4.78, 5) is 18.6. The lowest BCUT2D eigenvalue weighted by molar-refractivity contribution is -0.136. The van der Waals surface area contributed by atoms with Crippen molar-refractivity contribution >= 4 is 28.8 Å². The number of imidazole rings is 1. The molecule has 0 bridgehead atoms. The molecule has 0 spiro atoms. The number of carbonyl (C=O) groups is 1. The monoisotopic (exact) mass is 431 g/mol. The third-order valence-electron chi connectivity index (χ3n) is 5.11. The summed E-state index contributed by atoms with van der Waals surface area (Å²) in [6.07, 6.45) is -1.29. The molecule has 1 aromatic carbocycles. The normalized spacial score (nSPS) is 13.8. The van der Waals surface area contributed by atoms with Crippen molar-refractivity contribution in [2.24, 2.45) is 0 Å². The average molecular weight is 432 g/mol. The standard InChI is InChI=1S/C21H13ClF3N3O2/c22-18-17(20(29)27-8-7-12-4-1-2-5-15(12)27)26-19-14(21(23,24)25)10-13(11-28(18)19)16-6-3-9-30-16/h1-6,9-11H,7-8H2. The van der Waals surface area contributed by atoms with Gasteiger partial charge in [0.2, 0.25) is 0 Å². The van der Waals surface area contributed by atoms with E-state index in [2.05, 4.69) is 4.98 Å². The van der Waals surface area contributed by atoms with Crippen molar-refractivity contribution in [3.63, 3.8) is 0 Å². The van der Waals surface area contributed by atoms with Crippen LogP contribution in [0, 0.1) is 0 Å². The van der Waals surface area contributed by atoms with Gasteiger partial charge in [-0.3, -0.25) is 9.20 Å². The molecule has 0 fully saturated rings. The van der Waals surface area contributed by atoms with Gasteiger partial charge in [0.25, 0.3) is 5.91 Å². The zero-order valence-corrected chi connectivity index (χ0v) is 16.0. The summed E-state index contributed by atoms with van der Waals surface area (Å²) in [5.74, 6) is -0.296. The Morgan fingerprint density at radius 3 is 2.70 bits per heavy atom. The first-order chi connectivity index (χ1) is 14.3. The first kappa shape index (κ1) is 18.7. The minimum Gasteiger partial charge on any atom is -0.464 e. The highest BCUT2D eigenvalue weighted by Crippen LogP contribution is 2.38. The lowest BCUT2D eigenvalue weighted by Gasteiger charge is -2.15. The Bertz CT molecular complexity index is 1280. The number of benzene rings is 1. The number of carbonyl (C=O) groups excluding carboxylic acids is 1. The largest absolute Gasteiger partial charge is 0.464 e. The summed E-state index contributed by atoms with van der Waals surface area (Å²) in [5, 5.41) is -0.182. The Labute approximate surface area is 173 Å². The Morgan fingerprint density at radius 2 is 1.97 bits per heavy atom. The SMILES string of the molecule is O=C(c1nc2c(C(F)(F)F)cc(-c3ccco3)cn2c1Cl)N1CCc2ccccc21. The average Bonchev–Trinajstić information content (AvgIpc) is 3.45. The van der Waals surface area contributed by atoms with Crippen molar-refractivity contribution in [3.05, 3.63) is 76.9 Å². The van der Waals surface area contributed by atoms with Gasteiger partial charge in [0.15, 0.2) is 11.3 Å². The lowest BCUT2D eigenvalue weighted by atomic mass is 10.1. The Hall–Kier alpha value is -3.26. The van der Waals surface area contributed by atoms with E-state index in [0.717, 1.165) is 16.0 Å². The van der Waals surface area contributed by atoms with Crippen molar-refractivity contribution in [1.29, 1.82) is 0 Å². The van der Waals surface area contributed by atoms with E-state index in [4.69, 9.17) is 16.0 Å². The van der Waals surface area contributed by atoms with Gasteiger partial charge in [-0.2, -0.15) is 13.2 Å². The van der Waals surface area contributed by atoms with Crippen LogP contribution in [-0.2, 0) is 12.6 Å². The highest BCUT2D eigenvalue weighted by Gasteiger charge is 2.37. The third-order valence-corrected chi connectivity index (χ3v) is 5.47. The minimum absolute atomic E-state index is 0.171. The highest BCUT2D eigenvalue weighted by molar-refractivity contribution is 6.33. The predicted molar refractivity (Wildman–Crippen MR) is 105 cm³/mol. The van der Waals surface area contributed by atoms with E-state index < -0.39 is 23.3 Å². The van der Waals surface area contributed by atoms with Gasteiger partial charge < -0.3 is 9.32 Å². The molecule has 4 aromatic rings. The number of alkyl halides is 3. The Morgan fingerprint density at radius 1 is 1.17 bits per heavy atom. The number of pyridine rings is 1. The molecule has 1 aliphatic rings. The van der Waals surface area contributed by atoms with Gasteiger partial charge in [-0.1, -0.05) is 29.8 Å². The van der Waals surface area contributed by atoms with Crippen LogP contribution in [0.25, 0.3) is 17.0 Å². The number of nitrogens with zero attached hydrogens (tertiary/aromatic N) is 3. The number of rotatable bonds is 2. The van der Waals surface area contributed by atoms with Crippen LogP contribution in [0.4, 0.5) is 18.9 Å². The van der Waals surface area contributed by atoms with Gasteiger partial charge in [-0.05, 0) is 36.2 Å². The third kappa shape index (κ3) is 2.87. The van der Waals surface area contributed by atoms with E-state index in [-0.39, 0.29) is 22.2 Å². The van der Waals surface area contributed by atoms with Crippen molar-refractivity contribution < 1.29 is 22.4 Å². The molecule has 0 N–H and O–H groups in total. The maximum absolute atomic E-state index is 13.8. The maximum atomic E-state index is 13.8. The van der Waals surface area contributed by atoms with Crippen LogP contribution in [0.2, 0.25) is 5.15 Å². The van der Waals surface area contributed by atoms with Gasteiger partial charge in [0, 0.05) is 24.0 Å². The summed E-state index contributed by atoms with van der Waals surface area (Å²) < 4.78 is 47.6. The van der Waals surface area contributed by atoms with Gasteiger partial charge in [0.05, 0.1) is 11.8 Å². The summed E-state index contributed by atoms with van der Waals surface area (Å²) in [6.45, 7) is 0.409. The molecule has 0 saturated heterocycles. The molecule has 30 heavy (non-hydrogen) atoms. The number of para-hydroxylation sites is 1. The number of furan rings is 1. The number of halogens is 4. The van der Waals surface area contributed by atoms with Crippen LogP contribution in [0.5, 0.6) is 0 Å². The van der Waals surface area contributed by atoms with E-state index in [9.17, 15) is 18.0 Å². The molecule has 1 aliphatic heterocycles. The number of fused-ring (bicyclic) bond motifs is 2. The molecule has 1 amide bonds. The maximum Gasteiger partial charge on any atom is 0.420 e. The molecule has 152 valence electrons. The van der Waals surface area contributed by atoms with Crippen LogP contribution in [0.1, 0.15) is 21.6 Å². The summed E-state index contributed by atoms with van der Waals surface area (Å²) in [5.41, 5.74) is 0.211. The number of anilines is 1. The van der Waals surface area contributed by atoms with Crippen molar-refractivity contribution in [1.82, 2.24) is 9.38 Å². The fourth-order valence-electron chi connectivity index (χ4n) is 3.72. The van der Waals surface area contributed by atoms with Gasteiger partial charge >= 0.3 is 6.18 Å². The van der Waals surface area contributed by atoms with Gasteiger partial charge in [0.1, 0.15) is 10.9 Å². The zero-order valence-electron chi connectivity index (χ0n) is 15.3. The van der Waals surface area contributed by atoms with Crippen LogP contribution >= 0.6 is 11.6 Å². The molecule has 9 heteroatoms. The van der Waals surface area contributed by atoms with Crippen LogP contribution in [0.15, 0.2) is 59.3 Å². The molecule has 0 unspecified atom stereocenters. The molecule has 0 atom stereocenters. The lowest BCUT2D eigenvalue weighted by Crippen LogP contribution is -2.29. The molecule has 5 rings (SSSR count). The van der Waals surface area contributed by atoms with Crippen LogP contribution in [-0.4, -0.2) is 21.8 Å². The highest BCUT2D eigenvalue weighted by atomic mass is 35.5. The molecule has 4 heterocycles. The quantitative estimate of drug-likeness (QED) is 0.423. The second-order valence-electron chi connectivity index (χ2n) is 6.90. The van der Waals surface area contributed by atoms with Crippen LogP contribution < -0.4 is 4.90 Å². The van der Waals surface area contributed by atoms with E-state index in [1.54, 1.807) is 24.3 Å². The molecule has 3 aromatic heterocycles. The Balaban J connectivity index is 1.68. The first-order valence-corrected chi connectivity index (χ1v) is 9.45. The van der Waals surface area contributed by atoms with Crippen molar-refractivity contribution in [2.75, 3.05) is 11.4 Å². The van der Waals surface area contributed by atoms with E-state index in [1.165, 1.54) is 17.4 Å². The summed E-state index contributed by atoms with van der Waals surface area (Å²) in [6, 6.07) is 11.4. The van der Waals surface area contributed by atoms with Gasteiger partial charge in [-0.15, -0.1) is 0 Å². The topological polar surface area (TPSA) is 50.8 Å². The van der Waals surface area contributed by atoms with E-state index in [0.29, 0.717) is 18.7 Å². The molecule has 5 nitrogen and oxygen atoms in total. The molecule has 0 saturated carbocycles. The second kappa shape index (κ2) is 6.63. The number of amides is 1.